The Morgan fingerprint density at radius 2 is 1.95 bits per heavy atom. The zero-order valence-corrected chi connectivity index (χ0v) is 13.5. The predicted molar refractivity (Wildman–Crippen MR) is 87.4 cm³/mol. The van der Waals surface area contributed by atoms with Gasteiger partial charge in [-0.3, -0.25) is 0 Å². The van der Waals surface area contributed by atoms with Crippen molar-refractivity contribution in [1.29, 1.82) is 0 Å². The van der Waals surface area contributed by atoms with Crippen molar-refractivity contribution in [3.05, 3.63) is 70.7 Å². The first-order valence-corrected chi connectivity index (χ1v) is 7.56. The second kappa shape index (κ2) is 6.32. The fourth-order valence-electron chi connectivity index (χ4n) is 2.27. The van der Waals surface area contributed by atoms with Crippen LogP contribution >= 0.6 is 15.9 Å². The molecule has 3 rings (SSSR count). The monoisotopic (exact) mass is 360 g/mol. The minimum Gasteiger partial charge on any atom is -0.497 e. The minimum absolute atomic E-state index is 0.259. The Labute approximate surface area is 136 Å². The molecule has 0 spiro atoms. The van der Waals surface area contributed by atoms with Gasteiger partial charge in [0.2, 0.25) is 0 Å². The van der Waals surface area contributed by atoms with Crippen molar-refractivity contribution < 1.29 is 9.13 Å². The lowest BCUT2D eigenvalue weighted by molar-refractivity contribution is 0.415. The molecule has 0 aliphatic carbocycles. The molecular formula is C17H14BrFN2O. The lowest BCUT2D eigenvalue weighted by Gasteiger charge is -2.09. The SMILES string of the molecule is COc1ccc(-c2nccn2Cc2ccc(F)c(Br)c2)cc1. The quantitative estimate of drug-likeness (QED) is 0.684. The molecule has 1 aromatic heterocycles. The highest BCUT2D eigenvalue weighted by atomic mass is 79.9. The summed E-state index contributed by atoms with van der Waals surface area (Å²) in [5.41, 5.74) is 2.01. The topological polar surface area (TPSA) is 27.1 Å². The number of aromatic nitrogens is 2. The number of imidazole rings is 1. The van der Waals surface area contributed by atoms with Gasteiger partial charge in [-0.25, -0.2) is 9.37 Å². The Balaban J connectivity index is 1.89. The van der Waals surface area contributed by atoms with Crippen molar-refractivity contribution in [2.24, 2.45) is 0 Å². The van der Waals surface area contributed by atoms with Gasteiger partial charge in [0.25, 0.3) is 0 Å². The van der Waals surface area contributed by atoms with Crippen molar-refractivity contribution in [2.75, 3.05) is 7.11 Å². The van der Waals surface area contributed by atoms with Crippen LogP contribution in [0.4, 0.5) is 4.39 Å². The second-order valence-electron chi connectivity index (χ2n) is 4.86. The first kappa shape index (κ1) is 14.8. The van der Waals surface area contributed by atoms with E-state index in [0.717, 1.165) is 22.7 Å². The average Bonchev–Trinajstić information content (AvgIpc) is 2.99. The van der Waals surface area contributed by atoms with E-state index in [1.54, 1.807) is 25.4 Å². The van der Waals surface area contributed by atoms with Crippen LogP contribution in [-0.2, 0) is 6.54 Å². The van der Waals surface area contributed by atoms with Crippen LogP contribution in [0.3, 0.4) is 0 Å². The van der Waals surface area contributed by atoms with Crippen LogP contribution in [-0.4, -0.2) is 16.7 Å². The number of benzene rings is 2. The van der Waals surface area contributed by atoms with Crippen LogP contribution in [0.15, 0.2) is 59.3 Å². The zero-order chi connectivity index (χ0) is 15.5. The lowest BCUT2D eigenvalue weighted by Crippen LogP contribution is -2.01. The highest BCUT2D eigenvalue weighted by molar-refractivity contribution is 9.10. The Bertz CT molecular complexity index is 784. The third-order valence-electron chi connectivity index (χ3n) is 3.40. The Kier molecular flexibility index (Phi) is 4.24. The number of nitrogens with zero attached hydrogens (tertiary/aromatic N) is 2. The van der Waals surface area contributed by atoms with E-state index in [1.165, 1.54) is 6.07 Å². The fraction of sp³-hybridized carbons (Fsp3) is 0.118. The fourth-order valence-corrected chi connectivity index (χ4v) is 2.70. The molecule has 0 aliphatic rings. The first-order chi connectivity index (χ1) is 10.7. The Morgan fingerprint density at radius 1 is 1.18 bits per heavy atom. The molecular weight excluding hydrogens is 347 g/mol. The summed E-state index contributed by atoms with van der Waals surface area (Å²) in [6, 6.07) is 12.8. The molecule has 0 unspecified atom stereocenters. The molecule has 0 radical (unpaired) electrons. The van der Waals surface area contributed by atoms with Crippen LogP contribution in [0.2, 0.25) is 0 Å². The summed E-state index contributed by atoms with van der Waals surface area (Å²) >= 11 is 3.22. The summed E-state index contributed by atoms with van der Waals surface area (Å²) in [5, 5.41) is 0. The van der Waals surface area contributed by atoms with Gasteiger partial charge in [0.1, 0.15) is 17.4 Å². The van der Waals surface area contributed by atoms with E-state index in [1.807, 2.05) is 35.0 Å². The normalized spacial score (nSPS) is 10.7. The number of methoxy groups -OCH3 is 1. The molecule has 112 valence electrons. The summed E-state index contributed by atoms with van der Waals surface area (Å²) in [4.78, 5) is 4.41. The molecule has 3 nitrogen and oxygen atoms in total. The molecule has 0 saturated heterocycles. The maximum atomic E-state index is 13.3. The molecule has 0 amide bonds. The van der Waals surface area contributed by atoms with Crippen LogP contribution < -0.4 is 4.74 Å². The van der Waals surface area contributed by atoms with E-state index in [-0.39, 0.29) is 5.82 Å². The van der Waals surface area contributed by atoms with Crippen LogP contribution in [0.5, 0.6) is 5.75 Å². The summed E-state index contributed by atoms with van der Waals surface area (Å²) in [5.74, 6) is 1.41. The Morgan fingerprint density at radius 3 is 2.64 bits per heavy atom. The molecule has 0 atom stereocenters. The second-order valence-corrected chi connectivity index (χ2v) is 5.71. The molecule has 3 aromatic rings. The maximum Gasteiger partial charge on any atom is 0.140 e. The highest BCUT2D eigenvalue weighted by Crippen LogP contribution is 2.23. The van der Waals surface area contributed by atoms with Gasteiger partial charge in [0, 0.05) is 24.5 Å². The largest absolute Gasteiger partial charge is 0.497 e. The number of halogens is 2. The molecule has 0 bridgehead atoms. The van der Waals surface area contributed by atoms with E-state index >= 15 is 0 Å². The van der Waals surface area contributed by atoms with Gasteiger partial charge >= 0.3 is 0 Å². The van der Waals surface area contributed by atoms with Gasteiger partial charge in [0.15, 0.2) is 0 Å². The smallest absolute Gasteiger partial charge is 0.140 e. The summed E-state index contributed by atoms with van der Waals surface area (Å²) in [6.45, 7) is 0.625. The highest BCUT2D eigenvalue weighted by Gasteiger charge is 2.08. The van der Waals surface area contributed by atoms with Crippen LogP contribution in [0.25, 0.3) is 11.4 Å². The van der Waals surface area contributed by atoms with E-state index in [4.69, 9.17) is 4.74 Å². The van der Waals surface area contributed by atoms with Crippen LogP contribution in [0, 0.1) is 5.82 Å². The molecule has 0 fully saturated rings. The van der Waals surface area contributed by atoms with Gasteiger partial charge in [-0.15, -0.1) is 0 Å². The molecule has 0 saturated carbocycles. The third-order valence-corrected chi connectivity index (χ3v) is 4.01. The van der Waals surface area contributed by atoms with Gasteiger partial charge in [0.05, 0.1) is 11.6 Å². The Hall–Kier alpha value is -2.14. The summed E-state index contributed by atoms with van der Waals surface area (Å²) in [7, 11) is 1.64. The zero-order valence-electron chi connectivity index (χ0n) is 12.0. The minimum atomic E-state index is -0.259. The van der Waals surface area contributed by atoms with Crippen molar-refractivity contribution in [3.63, 3.8) is 0 Å². The van der Waals surface area contributed by atoms with Gasteiger partial charge in [-0.05, 0) is 57.9 Å². The van der Waals surface area contributed by atoms with Crippen molar-refractivity contribution in [3.8, 4) is 17.1 Å². The van der Waals surface area contributed by atoms with Crippen LogP contribution in [0.1, 0.15) is 5.56 Å². The number of hydrogen-bond acceptors (Lipinski definition) is 2. The average molecular weight is 361 g/mol. The van der Waals surface area contributed by atoms with Crippen molar-refractivity contribution >= 4 is 15.9 Å². The van der Waals surface area contributed by atoms with Gasteiger partial charge in [-0.2, -0.15) is 0 Å². The van der Waals surface area contributed by atoms with E-state index in [9.17, 15) is 4.39 Å². The lowest BCUT2D eigenvalue weighted by atomic mass is 10.2. The molecule has 0 N–H and O–H groups in total. The van der Waals surface area contributed by atoms with E-state index in [0.29, 0.717) is 11.0 Å². The molecule has 1 heterocycles. The number of rotatable bonds is 4. The van der Waals surface area contributed by atoms with Crippen molar-refractivity contribution in [2.45, 2.75) is 6.54 Å². The number of hydrogen-bond donors (Lipinski definition) is 0. The maximum absolute atomic E-state index is 13.3. The van der Waals surface area contributed by atoms with E-state index in [2.05, 4.69) is 20.9 Å². The summed E-state index contributed by atoms with van der Waals surface area (Å²) < 4.78 is 21.0. The molecule has 5 heteroatoms. The molecule has 0 aliphatic heterocycles. The first-order valence-electron chi connectivity index (χ1n) is 6.77. The number of ether oxygens (including phenoxy) is 1. The molecule has 22 heavy (non-hydrogen) atoms. The summed E-state index contributed by atoms with van der Waals surface area (Å²) in [6.07, 6.45) is 3.68. The van der Waals surface area contributed by atoms with Crippen molar-refractivity contribution in [1.82, 2.24) is 9.55 Å². The standard InChI is InChI=1S/C17H14BrFN2O/c1-22-14-5-3-13(4-6-14)17-20-8-9-21(17)11-12-2-7-16(19)15(18)10-12/h2-10H,11H2,1H3. The van der Waals surface area contributed by atoms with E-state index < -0.39 is 0 Å². The van der Waals surface area contributed by atoms with Gasteiger partial charge in [-0.1, -0.05) is 6.07 Å². The third kappa shape index (κ3) is 3.04. The predicted octanol–water partition coefficient (Wildman–Crippen LogP) is 4.51. The molecule has 2 aromatic carbocycles. The van der Waals surface area contributed by atoms with Gasteiger partial charge < -0.3 is 9.30 Å².